The molecule has 3 aromatic carbocycles. The third kappa shape index (κ3) is 12.0. The third-order valence-electron chi connectivity index (χ3n) is 9.70. The second kappa shape index (κ2) is 22.1. The summed E-state index contributed by atoms with van der Waals surface area (Å²) in [4.78, 5) is 71.5. The number of piperidine rings is 1. The van der Waals surface area contributed by atoms with Crippen LogP contribution in [0.1, 0.15) is 49.5 Å². The molecule has 2 aliphatic heterocycles. The van der Waals surface area contributed by atoms with Gasteiger partial charge in [0.05, 0.1) is 84.6 Å². The summed E-state index contributed by atoms with van der Waals surface area (Å²) >= 11 is 3.33. The lowest BCUT2D eigenvalue weighted by Crippen LogP contribution is -2.54. The van der Waals surface area contributed by atoms with Crippen molar-refractivity contribution in [1.82, 2.24) is 24.9 Å². The highest BCUT2D eigenvalue weighted by molar-refractivity contribution is 9.10. The first kappa shape index (κ1) is 47.5. The maximum atomic E-state index is 14.3. The van der Waals surface area contributed by atoms with E-state index in [9.17, 15) is 36.8 Å². The van der Waals surface area contributed by atoms with Gasteiger partial charge in [-0.2, -0.15) is 4.98 Å². The number of imide groups is 2. The van der Waals surface area contributed by atoms with Gasteiger partial charge in [-0.15, -0.1) is 0 Å². The van der Waals surface area contributed by atoms with Gasteiger partial charge in [0.1, 0.15) is 17.7 Å². The number of carbonyl (C=O) groups is 5. The number of halogens is 2. The fourth-order valence-electron chi connectivity index (χ4n) is 6.60. The molecule has 0 saturated carbocycles. The molecular formula is C41H45BrFN9O11S. The Morgan fingerprint density at radius 3 is 2.20 bits per heavy atom. The van der Waals surface area contributed by atoms with E-state index in [1.807, 2.05) is 0 Å². The van der Waals surface area contributed by atoms with Gasteiger partial charge in [0, 0.05) is 37.1 Å². The van der Waals surface area contributed by atoms with E-state index in [0.717, 1.165) is 11.0 Å². The van der Waals surface area contributed by atoms with Gasteiger partial charge in [-0.3, -0.25) is 34.2 Å². The Labute approximate surface area is 375 Å². The molecule has 0 spiro atoms. The molecule has 0 bridgehead atoms. The van der Waals surface area contributed by atoms with Crippen molar-refractivity contribution in [2.24, 2.45) is 5.73 Å². The zero-order chi connectivity index (χ0) is 45.8. The van der Waals surface area contributed by atoms with Crippen LogP contribution in [0.3, 0.4) is 0 Å². The predicted molar refractivity (Wildman–Crippen MR) is 232 cm³/mol. The first-order valence-electron chi connectivity index (χ1n) is 19.9. The first-order chi connectivity index (χ1) is 30.7. The molecule has 5 amide bonds. The summed E-state index contributed by atoms with van der Waals surface area (Å²) in [6.07, 6.45) is 1.56. The maximum absolute atomic E-state index is 14.3. The van der Waals surface area contributed by atoms with Crippen LogP contribution in [-0.4, -0.2) is 125 Å². The Balaban J connectivity index is 0.808. The largest absolute Gasteiger partial charge is 0.382 e. The van der Waals surface area contributed by atoms with Crippen LogP contribution in [0.5, 0.6) is 0 Å². The van der Waals surface area contributed by atoms with Crippen molar-refractivity contribution < 1.29 is 55.7 Å². The molecular weight excluding hydrogens is 925 g/mol. The van der Waals surface area contributed by atoms with Gasteiger partial charge in [-0.1, -0.05) is 12.1 Å². The van der Waals surface area contributed by atoms with Crippen molar-refractivity contribution in [3.05, 3.63) is 93.3 Å². The Bertz CT molecular complexity index is 2520. The fraction of sp³-hybridized carbons (Fsp3) is 0.341. The molecule has 20 nitrogen and oxygen atoms in total. The number of ether oxygens (including phenoxy) is 4. The van der Waals surface area contributed by atoms with Gasteiger partial charge in [0.2, 0.25) is 27.8 Å². The van der Waals surface area contributed by atoms with E-state index in [-0.39, 0.29) is 84.9 Å². The number of nitrogens with two attached hydrogens (primary N) is 1. The van der Waals surface area contributed by atoms with Crippen LogP contribution in [0, 0.1) is 12.7 Å². The van der Waals surface area contributed by atoms with E-state index in [2.05, 4.69) is 51.9 Å². The van der Waals surface area contributed by atoms with E-state index in [1.54, 1.807) is 25.1 Å². The summed E-state index contributed by atoms with van der Waals surface area (Å²) in [5.41, 5.74) is 7.06. The number of amides is 5. The summed E-state index contributed by atoms with van der Waals surface area (Å²) in [5, 5.41) is 11.2. The lowest BCUT2D eigenvalue weighted by molar-refractivity contribution is -0.136. The van der Waals surface area contributed by atoms with E-state index in [1.165, 1.54) is 36.5 Å². The summed E-state index contributed by atoms with van der Waals surface area (Å²) in [6, 6.07) is 12.3. The molecule has 6 rings (SSSR count). The number of primary amides is 1. The monoisotopic (exact) mass is 969 g/mol. The second-order valence-corrected chi connectivity index (χ2v) is 16.7. The van der Waals surface area contributed by atoms with Crippen LogP contribution in [0.25, 0.3) is 0 Å². The fourth-order valence-corrected chi connectivity index (χ4v) is 7.99. The second-order valence-electron chi connectivity index (χ2n) is 14.1. The molecule has 7 N–H and O–H groups in total. The molecule has 23 heteroatoms. The number of hydrogen-bond donors (Lipinski definition) is 6. The van der Waals surface area contributed by atoms with Crippen molar-refractivity contribution >= 4 is 84.3 Å². The van der Waals surface area contributed by atoms with Crippen LogP contribution < -0.4 is 31.7 Å². The number of rotatable bonds is 24. The molecule has 3 heterocycles. The first-order valence-corrected chi connectivity index (χ1v) is 22.2. The van der Waals surface area contributed by atoms with Gasteiger partial charge in [-0.05, 0) is 77.3 Å². The number of aromatic nitrogens is 2. The number of nitrogens with zero attached hydrogens (tertiary/aromatic N) is 3. The smallest absolute Gasteiger partial charge is 0.264 e. The number of benzene rings is 3. The minimum Gasteiger partial charge on any atom is -0.382 e. The van der Waals surface area contributed by atoms with Gasteiger partial charge in [0.25, 0.3) is 17.7 Å². The molecule has 1 unspecified atom stereocenters. The maximum Gasteiger partial charge on any atom is 0.264 e. The zero-order valence-corrected chi connectivity index (χ0v) is 36.8. The highest BCUT2D eigenvalue weighted by Gasteiger charge is 2.45. The van der Waals surface area contributed by atoms with Gasteiger partial charge < -0.3 is 40.6 Å². The highest BCUT2D eigenvalue weighted by atomic mass is 79.9. The summed E-state index contributed by atoms with van der Waals surface area (Å²) in [6.45, 7) is 4.22. The van der Waals surface area contributed by atoms with E-state index in [0.29, 0.717) is 54.4 Å². The van der Waals surface area contributed by atoms with Crippen molar-refractivity contribution in [2.45, 2.75) is 30.7 Å². The van der Waals surface area contributed by atoms with Gasteiger partial charge >= 0.3 is 0 Å². The Morgan fingerprint density at radius 2 is 1.53 bits per heavy atom. The predicted octanol–water partition coefficient (Wildman–Crippen LogP) is 3.13. The molecule has 1 saturated heterocycles. The standard InChI is InChI=1S/C41H45BrFN9O11S/c1-24-22-25(8-9-29(24)49-41-46-23-27(42)37(51-41)48-31-7-3-5-28(43)35(31)36(44)54)64(58,59)47-13-15-61-17-19-63-21-20-62-18-16-60-14-12-45-30-6-2-4-26-34(30)40(57)52(39(26)56)32-10-11-33(53)50-38(32)55/h2-9,22-23,32,45,47H,10-21H2,1H3,(H2,44,54)(H,50,53,55)(H2,46,48,49,51). The molecule has 1 atom stereocenters. The number of nitrogens with one attached hydrogen (secondary N) is 5. The molecule has 0 radical (unpaired) electrons. The average molecular weight is 971 g/mol. The summed E-state index contributed by atoms with van der Waals surface area (Å²) < 4.78 is 65.2. The SMILES string of the molecule is Cc1cc(S(=O)(=O)NCCOCCOCCOCCOCCNc2cccc3c2C(=O)N(C2CCC(=O)NC2=O)C3=O)ccc1Nc1ncc(Br)c(Nc2cccc(F)c2C(N)=O)n1. The molecule has 1 aromatic heterocycles. The van der Waals surface area contributed by atoms with E-state index in [4.69, 9.17) is 24.7 Å². The van der Waals surface area contributed by atoms with Crippen molar-refractivity contribution in [1.29, 1.82) is 0 Å². The number of aryl methyl sites for hydroxylation is 1. The Hall–Kier alpha value is -5.95. The molecule has 0 aliphatic carbocycles. The number of hydrogen-bond acceptors (Lipinski definition) is 16. The Kier molecular flexibility index (Phi) is 16.4. The number of carbonyl (C=O) groups excluding carboxylic acids is 5. The van der Waals surface area contributed by atoms with Crippen LogP contribution in [0.2, 0.25) is 0 Å². The van der Waals surface area contributed by atoms with Crippen LogP contribution in [-0.2, 0) is 38.6 Å². The van der Waals surface area contributed by atoms with Gasteiger partial charge in [-0.25, -0.2) is 22.5 Å². The van der Waals surface area contributed by atoms with Crippen LogP contribution >= 0.6 is 15.9 Å². The highest BCUT2D eigenvalue weighted by Crippen LogP contribution is 2.33. The quantitative estimate of drug-likeness (QED) is 0.0435. The normalized spacial score (nSPS) is 15.0. The summed E-state index contributed by atoms with van der Waals surface area (Å²) in [5.74, 6) is -3.66. The molecule has 2 aliphatic rings. The van der Waals surface area contributed by atoms with Crippen LogP contribution in [0.15, 0.2) is 70.2 Å². The molecule has 1 fully saturated rings. The van der Waals surface area contributed by atoms with Crippen molar-refractivity contribution in [3.8, 4) is 0 Å². The van der Waals surface area contributed by atoms with Gasteiger partial charge in [0.15, 0.2) is 0 Å². The van der Waals surface area contributed by atoms with Crippen molar-refractivity contribution in [2.75, 3.05) is 81.9 Å². The van der Waals surface area contributed by atoms with Crippen LogP contribution in [0.4, 0.5) is 33.2 Å². The third-order valence-corrected chi connectivity index (χ3v) is 11.7. The number of anilines is 5. The van der Waals surface area contributed by atoms with Crippen molar-refractivity contribution in [3.63, 3.8) is 0 Å². The topological polar surface area (TPSA) is 272 Å². The molecule has 64 heavy (non-hydrogen) atoms. The Morgan fingerprint density at radius 1 is 0.875 bits per heavy atom. The molecule has 4 aromatic rings. The lowest BCUT2D eigenvalue weighted by Gasteiger charge is -2.27. The zero-order valence-electron chi connectivity index (χ0n) is 34.4. The van der Waals surface area contributed by atoms with E-state index >= 15 is 0 Å². The summed E-state index contributed by atoms with van der Waals surface area (Å²) in [7, 11) is -3.86. The lowest BCUT2D eigenvalue weighted by atomic mass is 10.0. The van der Waals surface area contributed by atoms with E-state index < -0.39 is 51.4 Å². The number of fused-ring (bicyclic) bond motifs is 1. The minimum atomic E-state index is -3.86. The number of sulfonamides is 1. The average Bonchev–Trinajstić information content (AvgIpc) is 3.51. The molecule has 340 valence electrons. The minimum absolute atomic E-state index is 0.0276.